The van der Waals surface area contributed by atoms with Crippen LogP contribution >= 0.6 is 39.1 Å². The third kappa shape index (κ3) is 18.5. The quantitative estimate of drug-likeness (QED) is 0.0591. The van der Waals surface area contributed by atoms with Gasteiger partial charge in [0.25, 0.3) is 0 Å². The molecule has 24 heteroatoms. The lowest BCUT2D eigenvalue weighted by Gasteiger charge is -2.38. The maximum Gasteiger partial charge on any atom is 0.490 e. The maximum atomic E-state index is 13.4. The highest BCUT2D eigenvalue weighted by Gasteiger charge is 2.43. The van der Waals surface area contributed by atoms with Gasteiger partial charge in [-0.1, -0.05) is 155 Å². The van der Waals surface area contributed by atoms with Gasteiger partial charge in [-0.3, -0.25) is 28.8 Å². The van der Waals surface area contributed by atoms with E-state index in [0.29, 0.717) is 81.8 Å². The van der Waals surface area contributed by atoms with Gasteiger partial charge in [-0.15, -0.1) is 11.1 Å². The first kappa shape index (κ1) is 76.2. The van der Waals surface area contributed by atoms with Crippen molar-refractivity contribution in [3.63, 3.8) is 0 Å². The van der Waals surface area contributed by atoms with Gasteiger partial charge in [0.05, 0.1) is 33.5 Å². The zero-order chi connectivity index (χ0) is 68.5. The van der Waals surface area contributed by atoms with Gasteiger partial charge in [0.1, 0.15) is 62.5 Å². The predicted octanol–water partition coefficient (Wildman–Crippen LogP) is 14.6. The average Bonchev–Trinajstić information content (AvgIpc) is 1.35. The number of carbonyl (C=O) groups is 4. The van der Waals surface area contributed by atoms with E-state index >= 15 is 0 Å². The first-order chi connectivity index (χ1) is 41.5. The summed E-state index contributed by atoms with van der Waals surface area (Å²) in [7, 11) is 1.17. The van der Waals surface area contributed by atoms with Crippen molar-refractivity contribution in [2.75, 3.05) is 24.7 Å². The molecule has 0 aliphatic rings. The van der Waals surface area contributed by atoms with Gasteiger partial charge < -0.3 is 30.2 Å². The molecule has 0 aliphatic heterocycles. The Morgan fingerprint density at radius 3 is 1.34 bits per heavy atom. The monoisotopic (exact) mass is 1370 g/mol. The van der Waals surface area contributed by atoms with Crippen LogP contribution in [0.2, 0.25) is 43.3 Å². The molecule has 6 rings (SSSR count). The second-order valence-corrected chi connectivity index (χ2v) is 39.4. The number of aromatic nitrogens is 6. The number of anilines is 2. The molecule has 4 aromatic heterocycles. The number of ether oxygens (including phenoxy) is 2. The molecule has 0 spiro atoms. The van der Waals surface area contributed by atoms with E-state index in [1.54, 1.807) is 108 Å². The standard InChI is InChI=1S/C33H46ClN5O3Si.C25H39BrClN3O3Si.C8H9BN2O2/c1-20(2)43(21(3)4,22(5)6)17-16-27-29(34)26(25-15-13-14-24-19-35-39(12)30(24)25)18-28(36-27)37-31(40)23(7)38(11)32(41)42-33(8,9)10;1-15(2)34(16(3)4,17(5)6)13-12-20-22(27)19(26)14-21(28-20)29-23(31)18(7)30(11)24(32)33-25(8,9)10;1-11-8-6(5-10-11)3-2-4-7(8)9(12)13/h13-15,18-23H,1-12H3,(H,36,37,40);14-18H,1-11H3,(H,28,29,31);2-5,12-13H,1H3. The summed E-state index contributed by atoms with van der Waals surface area (Å²) in [6.07, 6.45) is 2.33. The average molecular weight is 1370 g/mol. The molecule has 6 aromatic rings. The number of nitrogens with one attached hydrogen (secondary N) is 2. The normalized spacial score (nSPS) is 12.6. The molecule has 4 heterocycles. The Morgan fingerprint density at radius 1 is 0.589 bits per heavy atom. The summed E-state index contributed by atoms with van der Waals surface area (Å²) in [6, 6.07) is 13.0. The van der Waals surface area contributed by atoms with Crippen molar-refractivity contribution in [3.05, 3.63) is 86.8 Å². The van der Waals surface area contributed by atoms with Gasteiger partial charge >= 0.3 is 19.3 Å². The number of pyridine rings is 2. The van der Waals surface area contributed by atoms with E-state index in [-0.39, 0.29) is 0 Å². The van der Waals surface area contributed by atoms with Crippen LogP contribution in [0.4, 0.5) is 21.2 Å². The zero-order valence-corrected chi connectivity index (χ0v) is 62.1. The minimum Gasteiger partial charge on any atom is -0.444 e. The molecule has 90 heavy (non-hydrogen) atoms. The fourth-order valence-electron chi connectivity index (χ4n) is 11.4. The number of hydrogen-bond acceptors (Lipinski definition) is 12. The van der Waals surface area contributed by atoms with E-state index in [9.17, 15) is 19.2 Å². The van der Waals surface area contributed by atoms with Gasteiger partial charge in [-0.25, -0.2) is 19.6 Å². The fraction of sp³-hybridized carbons (Fsp3) is 0.515. The molecule has 0 saturated heterocycles. The van der Waals surface area contributed by atoms with Crippen molar-refractivity contribution in [1.29, 1.82) is 0 Å². The van der Waals surface area contributed by atoms with Crippen LogP contribution in [-0.4, -0.2) is 134 Å². The summed E-state index contributed by atoms with van der Waals surface area (Å²) < 4.78 is 14.8. The molecule has 4 amide bonds. The molecular formula is C66H94BBrCl2N10O8Si2. The highest BCUT2D eigenvalue weighted by molar-refractivity contribution is 9.10. The zero-order valence-electron chi connectivity index (χ0n) is 57.0. The lowest BCUT2D eigenvalue weighted by Crippen LogP contribution is -2.45. The molecule has 18 nitrogen and oxygen atoms in total. The van der Waals surface area contributed by atoms with Crippen molar-refractivity contribution in [1.82, 2.24) is 39.3 Å². The summed E-state index contributed by atoms with van der Waals surface area (Å²) >= 11 is 17.1. The number of para-hydroxylation sites is 2. The number of halogens is 3. The molecular weight excluding hydrogens is 1280 g/mol. The van der Waals surface area contributed by atoms with Crippen molar-refractivity contribution in [2.24, 2.45) is 14.1 Å². The number of rotatable bonds is 14. The van der Waals surface area contributed by atoms with Crippen LogP contribution < -0.4 is 16.1 Å². The Bertz CT molecular complexity index is 3620. The molecule has 0 aliphatic carbocycles. The number of carbonyl (C=O) groups excluding carboxylic acids is 4. The van der Waals surface area contributed by atoms with E-state index in [0.717, 1.165) is 27.4 Å². The molecule has 4 N–H and O–H groups in total. The van der Waals surface area contributed by atoms with Gasteiger partial charge in [0, 0.05) is 60.0 Å². The van der Waals surface area contributed by atoms with Gasteiger partial charge in [-0.05, 0) is 117 Å². The van der Waals surface area contributed by atoms with Crippen LogP contribution in [0.5, 0.6) is 0 Å². The number of nitrogens with zero attached hydrogens (tertiary/aromatic N) is 8. The number of aryl methyl sites for hydroxylation is 2. The van der Waals surface area contributed by atoms with Crippen molar-refractivity contribution < 1.29 is 38.7 Å². The minimum atomic E-state index is -2.11. The molecule has 0 bridgehead atoms. The lowest BCUT2D eigenvalue weighted by molar-refractivity contribution is -0.121. The topological polar surface area (TPSA) is 219 Å². The predicted molar refractivity (Wildman–Crippen MR) is 376 cm³/mol. The van der Waals surface area contributed by atoms with E-state index in [1.807, 2.05) is 31.3 Å². The molecule has 2 atom stereocenters. The lowest BCUT2D eigenvalue weighted by atomic mass is 9.79. The summed E-state index contributed by atoms with van der Waals surface area (Å²) in [5, 5.41) is 35.0. The number of fused-ring (bicyclic) bond motifs is 2. The number of benzene rings is 2. The van der Waals surface area contributed by atoms with E-state index in [2.05, 4.69) is 148 Å². The molecule has 2 unspecified atom stereocenters. The second-order valence-electron chi connectivity index (χ2n) is 26.6. The van der Waals surface area contributed by atoms with Crippen LogP contribution in [0.15, 0.2) is 65.4 Å². The summed E-state index contributed by atoms with van der Waals surface area (Å²) in [5.74, 6) is 6.42. The minimum absolute atomic E-state index is 0.295. The second kappa shape index (κ2) is 31.4. The van der Waals surface area contributed by atoms with E-state index in [1.165, 1.54) is 23.9 Å². The van der Waals surface area contributed by atoms with Crippen LogP contribution in [0.1, 0.15) is 150 Å². The number of amides is 4. The molecule has 2 aromatic carbocycles. The molecule has 488 valence electrons. The van der Waals surface area contributed by atoms with Crippen LogP contribution in [0.3, 0.4) is 0 Å². The van der Waals surface area contributed by atoms with E-state index in [4.69, 9.17) is 47.7 Å². The SMILES string of the molecule is CC(C(=O)Nc1cc(-c2cccc3cnn(C)c23)c(Cl)c(C#C[Si](C(C)C)(C(C)C)C(C)C)n1)N(C)C(=O)OC(C)(C)C.CC(C(=O)Nc1cc(Br)c(Cl)c(C#C[Si](C(C)C)(C(C)C)C(C)C)n1)N(C)C(=O)OC(C)(C)C.Cn1ncc2cccc(B(O)O)c21. The Morgan fingerprint density at radius 2 is 0.956 bits per heavy atom. The summed E-state index contributed by atoms with van der Waals surface area (Å²) in [5.41, 5.74) is 13.2. The number of hydrogen-bond donors (Lipinski definition) is 4. The molecule has 0 fully saturated rings. The van der Waals surface area contributed by atoms with Crippen molar-refractivity contribution >= 4 is 125 Å². The van der Waals surface area contributed by atoms with Crippen LogP contribution in [-0.2, 0) is 33.2 Å². The largest absolute Gasteiger partial charge is 0.490 e. The first-order valence-electron chi connectivity index (χ1n) is 30.4. The first-order valence-corrected chi connectivity index (χ1v) is 36.4. The highest BCUT2D eigenvalue weighted by atomic mass is 79.9. The van der Waals surface area contributed by atoms with Gasteiger partial charge in [0.15, 0.2) is 0 Å². The van der Waals surface area contributed by atoms with E-state index < -0.39 is 70.6 Å². The maximum absolute atomic E-state index is 13.4. The van der Waals surface area contributed by atoms with Crippen molar-refractivity contribution in [3.8, 4) is 34.1 Å². The highest BCUT2D eigenvalue weighted by Crippen LogP contribution is 2.43. The van der Waals surface area contributed by atoms with Gasteiger partial charge in [0.2, 0.25) is 11.8 Å². The number of likely N-dealkylation sites (N-methyl/N-ethyl adjacent to an activating group) is 2. The summed E-state index contributed by atoms with van der Waals surface area (Å²) in [6.45, 7) is 40.9. The van der Waals surface area contributed by atoms with Crippen LogP contribution in [0, 0.1) is 22.9 Å². The Balaban J connectivity index is 0.000000325. The Labute approximate surface area is 554 Å². The summed E-state index contributed by atoms with van der Waals surface area (Å²) in [4.78, 5) is 63.0. The van der Waals surface area contributed by atoms with Crippen LogP contribution in [0.25, 0.3) is 32.9 Å². The Kier molecular flexibility index (Phi) is 26.6. The van der Waals surface area contributed by atoms with Gasteiger partial charge in [-0.2, -0.15) is 10.2 Å². The molecule has 0 saturated carbocycles. The third-order valence-electron chi connectivity index (χ3n) is 16.3. The smallest absolute Gasteiger partial charge is 0.444 e. The van der Waals surface area contributed by atoms with Crippen molar-refractivity contribution in [2.45, 2.75) is 195 Å². The Hall–Kier alpha value is -6.24. The molecule has 0 radical (unpaired) electrons. The fourth-order valence-corrected chi connectivity index (χ4v) is 22.6. The third-order valence-corrected chi connectivity index (χ3v) is 30.5.